The van der Waals surface area contributed by atoms with E-state index in [2.05, 4.69) is 22.5 Å². The highest BCUT2D eigenvalue weighted by Gasteiger charge is 2.21. The Kier molecular flexibility index (Phi) is 6.34. The first kappa shape index (κ1) is 21.0. The van der Waals surface area contributed by atoms with Gasteiger partial charge < -0.3 is 4.90 Å². The largest absolute Gasteiger partial charge is 0.306 e. The van der Waals surface area contributed by atoms with Gasteiger partial charge in [-0.3, -0.25) is 9.10 Å². The van der Waals surface area contributed by atoms with Gasteiger partial charge in [0.15, 0.2) is 0 Å². The van der Waals surface area contributed by atoms with Crippen molar-refractivity contribution < 1.29 is 13.2 Å². The van der Waals surface area contributed by atoms with Crippen LogP contribution in [0.4, 0.5) is 5.69 Å². The van der Waals surface area contributed by atoms with Crippen molar-refractivity contribution in [3.8, 4) is 0 Å². The van der Waals surface area contributed by atoms with Gasteiger partial charge in [-0.25, -0.2) is 13.8 Å². The summed E-state index contributed by atoms with van der Waals surface area (Å²) in [4.78, 5) is 14.8. The minimum Gasteiger partial charge on any atom is -0.306 e. The van der Waals surface area contributed by atoms with Crippen LogP contribution in [0.5, 0.6) is 0 Å². The van der Waals surface area contributed by atoms with Crippen molar-refractivity contribution in [3.05, 3.63) is 59.7 Å². The molecule has 1 N–H and O–H groups in total. The number of anilines is 1. The molecule has 29 heavy (non-hydrogen) atoms. The molecule has 0 radical (unpaired) electrons. The van der Waals surface area contributed by atoms with E-state index in [-0.39, 0.29) is 10.8 Å². The molecule has 1 saturated heterocycles. The second-order valence-electron chi connectivity index (χ2n) is 7.25. The maximum absolute atomic E-state index is 12.8. The van der Waals surface area contributed by atoms with E-state index in [4.69, 9.17) is 0 Å². The van der Waals surface area contributed by atoms with E-state index in [9.17, 15) is 13.2 Å². The molecular weight excluding hydrogens is 388 g/mol. The van der Waals surface area contributed by atoms with Crippen LogP contribution in [0, 0.1) is 6.92 Å². The first-order valence-electron chi connectivity index (χ1n) is 9.47. The van der Waals surface area contributed by atoms with Gasteiger partial charge in [-0.05, 0) is 50.4 Å². The number of piperidine rings is 1. The van der Waals surface area contributed by atoms with Crippen LogP contribution in [-0.2, 0) is 10.0 Å². The quantitative estimate of drug-likeness (QED) is 0.763. The molecular formula is C21H26N4O3S. The van der Waals surface area contributed by atoms with Crippen LogP contribution >= 0.6 is 0 Å². The first-order chi connectivity index (χ1) is 13.8. The number of benzene rings is 2. The van der Waals surface area contributed by atoms with Crippen molar-refractivity contribution in [3.63, 3.8) is 0 Å². The number of hydrogen-bond acceptors (Lipinski definition) is 5. The molecule has 0 unspecified atom stereocenters. The molecule has 0 saturated carbocycles. The fraction of sp³-hybridized carbons (Fsp3) is 0.333. The zero-order chi connectivity index (χ0) is 21.0. The van der Waals surface area contributed by atoms with E-state index in [0.717, 1.165) is 37.2 Å². The Hall–Kier alpha value is -2.71. The molecule has 3 rings (SSSR count). The van der Waals surface area contributed by atoms with Crippen LogP contribution in [0.25, 0.3) is 0 Å². The molecule has 0 aromatic heterocycles. The van der Waals surface area contributed by atoms with Crippen molar-refractivity contribution in [2.24, 2.45) is 5.10 Å². The lowest BCUT2D eigenvalue weighted by molar-refractivity contribution is 0.0954. The Morgan fingerprint density at radius 1 is 1.03 bits per heavy atom. The molecule has 8 heteroatoms. The van der Waals surface area contributed by atoms with Crippen LogP contribution in [-0.4, -0.2) is 52.1 Å². The van der Waals surface area contributed by atoms with Crippen LogP contribution in [0.15, 0.2) is 58.5 Å². The van der Waals surface area contributed by atoms with E-state index in [1.807, 2.05) is 6.92 Å². The number of sulfonamides is 1. The molecule has 2 aromatic rings. The number of carbonyl (C=O) groups excluding carboxylic acids is 1. The second kappa shape index (κ2) is 8.75. The summed E-state index contributed by atoms with van der Waals surface area (Å²) in [6.07, 6.45) is 1.69. The van der Waals surface area contributed by atoms with Gasteiger partial charge in [-0.15, -0.1) is 0 Å². The van der Waals surface area contributed by atoms with Crippen molar-refractivity contribution in [1.82, 2.24) is 10.3 Å². The van der Waals surface area contributed by atoms with Gasteiger partial charge in [-0.1, -0.05) is 17.7 Å². The lowest BCUT2D eigenvalue weighted by Crippen LogP contribution is -2.32. The van der Waals surface area contributed by atoms with Crippen molar-refractivity contribution in [2.45, 2.75) is 24.7 Å². The molecule has 7 nitrogen and oxygen atoms in total. The lowest BCUT2D eigenvalue weighted by Gasteiger charge is -2.22. The topological polar surface area (TPSA) is 82.1 Å². The number of nitrogens with zero attached hydrogens (tertiary/aromatic N) is 3. The average molecular weight is 415 g/mol. The SMILES string of the molecule is Cc1ccc(S(=O)(=O)N(C)c2ccc(C(=O)NN=C3CCN(C)CC3)cc2)cc1. The summed E-state index contributed by atoms with van der Waals surface area (Å²) in [5, 5.41) is 4.22. The normalized spacial score (nSPS) is 15.1. The number of hydrazone groups is 1. The van der Waals surface area contributed by atoms with Gasteiger partial charge in [0.2, 0.25) is 0 Å². The fourth-order valence-electron chi connectivity index (χ4n) is 3.01. The molecule has 0 aliphatic carbocycles. The Morgan fingerprint density at radius 2 is 1.62 bits per heavy atom. The van der Waals surface area contributed by atoms with Crippen LogP contribution in [0.2, 0.25) is 0 Å². The number of rotatable bonds is 5. The number of nitrogens with one attached hydrogen (secondary N) is 1. The molecule has 0 spiro atoms. The summed E-state index contributed by atoms with van der Waals surface area (Å²) in [7, 11) is -0.105. The molecule has 1 heterocycles. The van der Waals surface area contributed by atoms with Gasteiger partial charge in [0.1, 0.15) is 0 Å². The molecule has 1 aliphatic heterocycles. The zero-order valence-electron chi connectivity index (χ0n) is 16.9. The Balaban J connectivity index is 1.68. The number of carbonyl (C=O) groups is 1. The van der Waals surface area contributed by atoms with E-state index >= 15 is 0 Å². The monoisotopic (exact) mass is 414 g/mol. The zero-order valence-corrected chi connectivity index (χ0v) is 17.7. The maximum Gasteiger partial charge on any atom is 0.271 e. The third-order valence-electron chi connectivity index (χ3n) is 5.05. The summed E-state index contributed by atoms with van der Waals surface area (Å²) in [5.41, 5.74) is 5.47. The van der Waals surface area contributed by atoms with Gasteiger partial charge >= 0.3 is 0 Å². The van der Waals surface area contributed by atoms with E-state index in [1.165, 1.54) is 11.4 Å². The summed E-state index contributed by atoms with van der Waals surface area (Å²) < 4.78 is 26.8. The number of aryl methyl sites for hydroxylation is 1. The molecule has 0 bridgehead atoms. The standard InChI is InChI=1S/C21H26N4O3S/c1-16-4-10-20(11-5-16)29(27,28)25(3)19-8-6-17(7-9-19)21(26)23-22-18-12-14-24(2)15-13-18/h4-11H,12-15H2,1-3H3,(H,23,26). The summed E-state index contributed by atoms with van der Waals surface area (Å²) in [6, 6.07) is 13.1. The first-order valence-corrected chi connectivity index (χ1v) is 10.9. The molecule has 0 atom stereocenters. The minimum absolute atomic E-state index is 0.223. The number of likely N-dealkylation sites (tertiary alicyclic amines) is 1. The van der Waals surface area contributed by atoms with E-state index in [1.54, 1.807) is 48.5 Å². The lowest BCUT2D eigenvalue weighted by atomic mass is 10.1. The molecule has 1 fully saturated rings. The summed E-state index contributed by atoms with van der Waals surface area (Å²) >= 11 is 0. The predicted octanol–water partition coefficient (Wildman–Crippen LogP) is 2.63. The summed E-state index contributed by atoms with van der Waals surface area (Å²) in [5.74, 6) is -0.313. The number of hydrogen-bond donors (Lipinski definition) is 1. The van der Waals surface area contributed by atoms with Crippen LogP contribution in [0.1, 0.15) is 28.8 Å². The van der Waals surface area contributed by atoms with Gasteiger partial charge in [-0.2, -0.15) is 5.10 Å². The second-order valence-corrected chi connectivity index (χ2v) is 9.22. The Labute approximate surface area is 172 Å². The van der Waals surface area contributed by atoms with Crippen LogP contribution in [0.3, 0.4) is 0 Å². The highest BCUT2D eigenvalue weighted by molar-refractivity contribution is 7.92. The maximum atomic E-state index is 12.8. The van der Waals surface area contributed by atoms with Gasteiger partial charge in [0.25, 0.3) is 15.9 Å². The van der Waals surface area contributed by atoms with E-state index in [0.29, 0.717) is 11.3 Å². The third-order valence-corrected chi connectivity index (χ3v) is 6.85. The third kappa shape index (κ3) is 5.02. The molecule has 2 aromatic carbocycles. The minimum atomic E-state index is -3.66. The van der Waals surface area contributed by atoms with E-state index < -0.39 is 10.0 Å². The Morgan fingerprint density at radius 3 is 2.21 bits per heavy atom. The molecule has 1 aliphatic rings. The van der Waals surface area contributed by atoms with Crippen molar-refractivity contribution in [2.75, 3.05) is 31.5 Å². The smallest absolute Gasteiger partial charge is 0.271 e. The van der Waals surface area contributed by atoms with Gasteiger partial charge in [0, 0.05) is 44.3 Å². The van der Waals surface area contributed by atoms with Crippen LogP contribution < -0.4 is 9.73 Å². The van der Waals surface area contributed by atoms with Gasteiger partial charge in [0.05, 0.1) is 10.6 Å². The van der Waals surface area contributed by atoms with Crippen molar-refractivity contribution in [1.29, 1.82) is 0 Å². The Bertz CT molecular complexity index is 989. The predicted molar refractivity (Wildman–Crippen MR) is 115 cm³/mol. The fourth-order valence-corrected chi connectivity index (χ4v) is 4.21. The number of amides is 1. The highest BCUT2D eigenvalue weighted by Crippen LogP contribution is 2.22. The summed E-state index contributed by atoms with van der Waals surface area (Å²) in [6.45, 7) is 3.78. The molecule has 1 amide bonds. The highest BCUT2D eigenvalue weighted by atomic mass is 32.2. The molecule has 154 valence electrons. The van der Waals surface area contributed by atoms with Crippen molar-refractivity contribution >= 4 is 27.3 Å². The average Bonchev–Trinajstić information content (AvgIpc) is 2.73.